The van der Waals surface area contributed by atoms with Crippen molar-refractivity contribution in [1.82, 2.24) is 4.90 Å². The van der Waals surface area contributed by atoms with Gasteiger partial charge < -0.3 is 19.0 Å². The summed E-state index contributed by atoms with van der Waals surface area (Å²) in [7, 11) is 0. The van der Waals surface area contributed by atoms with Crippen LogP contribution in [0, 0.1) is 0 Å². The average molecular weight is 341 g/mol. The van der Waals surface area contributed by atoms with E-state index in [0.717, 1.165) is 11.8 Å². The molecule has 1 unspecified atom stereocenters. The van der Waals surface area contributed by atoms with E-state index in [2.05, 4.69) is 0 Å². The summed E-state index contributed by atoms with van der Waals surface area (Å²) < 4.78 is 10.5. The van der Waals surface area contributed by atoms with Crippen LogP contribution in [0.15, 0.2) is 74.7 Å². The Morgan fingerprint density at radius 2 is 1.84 bits per heavy atom. The van der Waals surface area contributed by atoms with Crippen LogP contribution in [0.3, 0.4) is 0 Å². The summed E-state index contributed by atoms with van der Waals surface area (Å²) in [4.78, 5) is 13.5. The zero-order valence-corrected chi connectivity index (χ0v) is 13.5. The zero-order chi connectivity index (χ0) is 17.6. The number of furan rings is 1. The molecule has 1 aromatic carbocycles. The van der Waals surface area contributed by atoms with Gasteiger partial charge in [-0.15, -0.1) is 0 Å². The van der Waals surface area contributed by atoms with Crippen molar-refractivity contribution in [2.24, 2.45) is 0 Å². The standard InChI is InChI=1S/C19H19NO5/c21-16-9-15(25-13-18(16)23)11-20(10-14-5-2-1-3-6-14)12-17(22)19-7-4-8-24-19/h1-9,13,17,22-23H,10-12H2. The quantitative estimate of drug-likeness (QED) is 0.687. The lowest BCUT2D eigenvalue weighted by Gasteiger charge is -2.24. The summed E-state index contributed by atoms with van der Waals surface area (Å²) in [6.45, 7) is 1.17. The van der Waals surface area contributed by atoms with Gasteiger partial charge >= 0.3 is 0 Å². The van der Waals surface area contributed by atoms with Crippen LogP contribution in [-0.2, 0) is 13.1 Å². The Bertz CT molecular complexity index is 842. The predicted octanol–water partition coefficient (Wildman–Crippen LogP) is 2.67. The first-order valence-corrected chi connectivity index (χ1v) is 7.90. The fourth-order valence-corrected chi connectivity index (χ4v) is 2.59. The van der Waals surface area contributed by atoms with Gasteiger partial charge in [-0.05, 0) is 17.7 Å². The molecule has 1 atom stereocenters. The molecule has 6 heteroatoms. The number of hydrogen-bond acceptors (Lipinski definition) is 6. The van der Waals surface area contributed by atoms with E-state index in [1.54, 1.807) is 12.1 Å². The first-order chi connectivity index (χ1) is 12.1. The predicted molar refractivity (Wildman–Crippen MR) is 90.9 cm³/mol. The van der Waals surface area contributed by atoms with Gasteiger partial charge in [0.25, 0.3) is 0 Å². The van der Waals surface area contributed by atoms with E-state index in [-0.39, 0.29) is 0 Å². The second-order valence-electron chi connectivity index (χ2n) is 5.78. The van der Waals surface area contributed by atoms with E-state index in [0.29, 0.717) is 31.2 Å². The van der Waals surface area contributed by atoms with Crippen molar-refractivity contribution in [2.45, 2.75) is 19.2 Å². The third kappa shape index (κ3) is 4.59. The molecule has 0 amide bonds. The Hall–Kier alpha value is -2.83. The molecule has 0 spiro atoms. The highest BCUT2D eigenvalue weighted by molar-refractivity contribution is 5.17. The third-order valence-electron chi connectivity index (χ3n) is 3.80. The maximum atomic E-state index is 11.6. The van der Waals surface area contributed by atoms with Crippen LogP contribution in [0.4, 0.5) is 0 Å². The van der Waals surface area contributed by atoms with Gasteiger partial charge in [-0.3, -0.25) is 9.69 Å². The fraction of sp³-hybridized carbons (Fsp3) is 0.211. The first-order valence-electron chi connectivity index (χ1n) is 7.90. The maximum absolute atomic E-state index is 11.6. The van der Waals surface area contributed by atoms with Crippen molar-refractivity contribution < 1.29 is 19.0 Å². The molecule has 0 radical (unpaired) electrons. The Labute approximate surface area is 144 Å². The molecule has 130 valence electrons. The summed E-state index contributed by atoms with van der Waals surface area (Å²) >= 11 is 0. The van der Waals surface area contributed by atoms with Gasteiger partial charge in [0, 0.05) is 19.2 Å². The fourth-order valence-electron chi connectivity index (χ4n) is 2.59. The van der Waals surface area contributed by atoms with Crippen molar-refractivity contribution >= 4 is 0 Å². The molecular formula is C19H19NO5. The molecule has 3 rings (SSSR count). The first kappa shape index (κ1) is 17.0. The number of hydrogen-bond donors (Lipinski definition) is 2. The Morgan fingerprint density at radius 3 is 2.52 bits per heavy atom. The van der Waals surface area contributed by atoms with E-state index in [4.69, 9.17) is 8.83 Å². The monoisotopic (exact) mass is 341 g/mol. The van der Waals surface area contributed by atoms with Gasteiger partial charge in [0.1, 0.15) is 23.9 Å². The topological polar surface area (TPSA) is 87.1 Å². The van der Waals surface area contributed by atoms with Crippen LogP contribution < -0.4 is 5.43 Å². The maximum Gasteiger partial charge on any atom is 0.226 e. The zero-order valence-electron chi connectivity index (χ0n) is 13.5. The molecular weight excluding hydrogens is 322 g/mol. The van der Waals surface area contributed by atoms with Crippen molar-refractivity contribution in [3.63, 3.8) is 0 Å². The number of aliphatic hydroxyl groups excluding tert-OH is 1. The number of benzene rings is 1. The molecule has 0 saturated carbocycles. The van der Waals surface area contributed by atoms with Crippen LogP contribution in [0.2, 0.25) is 0 Å². The second-order valence-corrected chi connectivity index (χ2v) is 5.78. The van der Waals surface area contributed by atoms with E-state index in [1.807, 2.05) is 35.2 Å². The molecule has 2 N–H and O–H groups in total. The number of aliphatic hydroxyl groups is 1. The van der Waals surface area contributed by atoms with Gasteiger partial charge in [0.05, 0.1) is 12.8 Å². The SMILES string of the molecule is O=c1cc(CN(Cc2ccccc2)CC(O)c2ccco2)occ1O. The Morgan fingerprint density at radius 1 is 1.04 bits per heavy atom. The van der Waals surface area contributed by atoms with Gasteiger partial charge in [0.2, 0.25) is 5.43 Å². The molecule has 2 aromatic heterocycles. The van der Waals surface area contributed by atoms with Gasteiger partial charge in [-0.1, -0.05) is 30.3 Å². The largest absolute Gasteiger partial charge is 0.502 e. The minimum Gasteiger partial charge on any atom is -0.502 e. The minimum atomic E-state index is -0.803. The summed E-state index contributed by atoms with van der Waals surface area (Å²) in [5, 5.41) is 19.7. The smallest absolute Gasteiger partial charge is 0.226 e. The second kappa shape index (κ2) is 7.83. The number of aromatic hydroxyl groups is 1. The van der Waals surface area contributed by atoms with Gasteiger partial charge in [-0.25, -0.2) is 0 Å². The number of nitrogens with zero attached hydrogens (tertiary/aromatic N) is 1. The molecule has 6 nitrogen and oxygen atoms in total. The van der Waals surface area contributed by atoms with E-state index >= 15 is 0 Å². The lowest BCUT2D eigenvalue weighted by Crippen LogP contribution is -2.28. The van der Waals surface area contributed by atoms with Gasteiger partial charge in [-0.2, -0.15) is 0 Å². The molecule has 25 heavy (non-hydrogen) atoms. The molecule has 0 aliphatic rings. The third-order valence-corrected chi connectivity index (χ3v) is 3.80. The molecule has 3 aromatic rings. The highest BCUT2D eigenvalue weighted by atomic mass is 16.4. The van der Waals surface area contributed by atoms with Crippen LogP contribution >= 0.6 is 0 Å². The molecule has 0 bridgehead atoms. The van der Waals surface area contributed by atoms with Gasteiger partial charge in [0.15, 0.2) is 5.75 Å². The molecule has 0 fully saturated rings. The average Bonchev–Trinajstić information content (AvgIpc) is 3.14. The van der Waals surface area contributed by atoms with Crippen molar-refractivity contribution in [1.29, 1.82) is 0 Å². The molecule has 2 heterocycles. The van der Waals surface area contributed by atoms with Crippen LogP contribution in [0.5, 0.6) is 5.75 Å². The van der Waals surface area contributed by atoms with Crippen LogP contribution in [0.25, 0.3) is 0 Å². The normalized spacial score (nSPS) is 12.4. The van der Waals surface area contributed by atoms with Crippen molar-refractivity contribution in [2.75, 3.05) is 6.54 Å². The molecule has 0 saturated heterocycles. The molecule has 0 aliphatic carbocycles. The van der Waals surface area contributed by atoms with Crippen molar-refractivity contribution in [3.05, 3.63) is 88.4 Å². The summed E-state index contributed by atoms with van der Waals surface area (Å²) in [6, 6.07) is 14.5. The highest BCUT2D eigenvalue weighted by Crippen LogP contribution is 2.18. The summed E-state index contributed by atoms with van der Waals surface area (Å²) in [6.07, 6.45) is 1.74. The van der Waals surface area contributed by atoms with Crippen molar-refractivity contribution in [3.8, 4) is 5.75 Å². The Balaban J connectivity index is 1.77. The van der Waals surface area contributed by atoms with E-state index in [1.165, 1.54) is 12.3 Å². The summed E-state index contributed by atoms with van der Waals surface area (Å²) in [5.41, 5.74) is 0.572. The molecule has 0 aliphatic heterocycles. The van der Waals surface area contributed by atoms with Crippen LogP contribution in [-0.4, -0.2) is 21.7 Å². The Kier molecular flexibility index (Phi) is 5.33. The highest BCUT2D eigenvalue weighted by Gasteiger charge is 2.18. The lowest BCUT2D eigenvalue weighted by atomic mass is 10.2. The van der Waals surface area contributed by atoms with E-state index in [9.17, 15) is 15.0 Å². The lowest BCUT2D eigenvalue weighted by molar-refractivity contribution is 0.0834. The van der Waals surface area contributed by atoms with Crippen LogP contribution in [0.1, 0.15) is 23.2 Å². The summed E-state index contributed by atoms with van der Waals surface area (Å²) in [5.74, 6) is 0.463. The van der Waals surface area contributed by atoms with E-state index < -0.39 is 17.3 Å². The number of rotatable bonds is 7. The minimum absolute atomic E-state index is 0.299.